The van der Waals surface area contributed by atoms with Crippen molar-refractivity contribution in [3.63, 3.8) is 0 Å². The van der Waals surface area contributed by atoms with Gasteiger partial charge in [0.25, 0.3) is 0 Å². The van der Waals surface area contributed by atoms with Gasteiger partial charge in [0.05, 0.1) is 11.2 Å². The highest BCUT2D eigenvalue weighted by Crippen LogP contribution is 2.56. The molecule has 1 aliphatic carbocycles. The van der Waals surface area contributed by atoms with Crippen LogP contribution in [0.25, 0.3) is 0 Å². The van der Waals surface area contributed by atoms with Gasteiger partial charge in [-0.15, -0.1) is 0 Å². The zero-order valence-corrected chi connectivity index (χ0v) is 18.2. The zero-order valence-electron chi connectivity index (χ0n) is 17.3. The molecule has 1 saturated heterocycles. The fraction of sp³-hybridized carbons (Fsp3) is 0.478. The molecule has 1 aliphatic heterocycles. The first-order valence-corrected chi connectivity index (χ1v) is 12.2. The SMILES string of the molecule is CC1(C)OB([C@@H](CP(=O)(c2ccccc2)c2ccccc2)C2CC2)OC1(C)C. The summed E-state index contributed by atoms with van der Waals surface area (Å²) in [7, 11) is -3.10. The Balaban J connectivity index is 1.71. The molecular formula is C23H30BO3P. The summed E-state index contributed by atoms with van der Waals surface area (Å²) in [6, 6.07) is 19.9. The van der Waals surface area contributed by atoms with E-state index in [9.17, 15) is 4.57 Å². The molecule has 28 heavy (non-hydrogen) atoms. The highest BCUT2D eigenvalue weighted by atomic mass is 31.2. The molecule has 1 heterocycles. The molecule has 2 aliphatic rings. The first kappa shape index (κ1) is 19.9. The second-order valence-corrected chi connectivity index (χ2v) is 12.1. The van der Waals surface area contributed by atoms with Gasteiger partial charge in [-0.3, -0.25) is 0 Å². The van der Waals surface area contributed by atoms with E-state index in [0.717, 1.165) is 10.6 Å². The van der Waals surface area contributed by atoms with Crippen molar-refractivity contribution in [1.82, 2.24) is 0 Å². The van der Waals surface area contributed by atoms with Gasteiger partial charge in [0.15, 0.2) is 0 Å². The Morgan fingerprint density at radius 1 is 0.893 bits per heavy atom. The fourth-order valence-corrected chi connectivity index (χ4v) is 7.13. The highest BCUT2D eigenvalue weighted by molar-refractivity contribution is 7.78. The molecule has 1 saturated carbocycles. The molecule has 0 aromatic heterocycles. The van der Waals surface area contributed by atoms with Crippen molar-refractivity contribution in [1.29, 1.82) is 0 Å². The van der Waals surface area contributed by atoms with Crippen molar-refractivity contribution in [2.45, 2.75) is 57.6 Å². The van der Waals surface area contributed by atoms with Crippen LogP contribution in [0.5, 0.6) is 0 Å². The van der Waals surface area contributed by atoms with E-state index in [1.807, 2.05) is 60.7 Å². The van der Waals surface area contributed by atoms with Crippen LogP contribution in [0, 0.1) is 5.92 Å². The van der Waals surface area contributed by atoms with E-state index in [2.05, 4.69) is 27.7 Å². The van der Waals surface area contributed by atoms with Gasteiger partial charge in [0, 0.05) is 22.6 Å². The smallest absolute Gasteiger partial charge is 0.403 e. The van der Waals surface area contributed by atoms with Crippen LogP contribution in [0.1, 0.15) is 40.5 Å². The third-order valence-electron chi connectivity index (χ3n) is 6.66. The molecule has 0 bridgehead atoms. The summed E-state index contributed by atoms with van der Waals surface area (Å²) in [6.45, 7) is 8.35. The monoisotopic (exact) mass is 396 g/mol. The van der Waals surface area contributed by atoms with Crippen LogP contribution in [0.3, 0.4) is 0 Å². The zero-order chi connectivity index (χ0) is 20.0. The van der Waals surface area contributed by atoms with Gasteiger partial charge in [-0.05, 0) is 33.6 Å². The molecule has 2 aromatic rings. The summed E-state index contributed by atoms with van der Waals surface area (Å²) in [5, 5.41) is 1.84. The van der Waals surface area contributed by atoms with Crippen molar-refractivity contribution in [2.24, 2.45) is 5.92 Å². The van der Waals surface area contributed by atoms with Crippen LogP contribution in [-0.4, -0.2) is 24.5 Å². The molecule has 2 fully saturated rings. The lowest BCUT2D eigenvalue weighted by Crippen LogP contribution is -2.41. The average molecular weight is 396 g/mol. The van der Waals surface area contributed by atoms with Crippen molar-refractivity contribution in [2.75, 3.05) is 6.16 Å². The fourth-order valence-electron chi connectivity index (χ4n) is 4.04. The second-order valence-electron chi connectivity index (χ2n) is 9.22. The minimum atomic E-state index is -2.79. The van der Waals surface area contributed by atoms with E-state index in [1.165, 1.54) is 12.8 Å². The van der Waals surface area contributed by atoms with Crippen LogP contribution in [0.15, 0.2) is 60.7 Å². The summed E-state index contributed by atoms with van der Waals surface area (Å²) in [5.41, 5.74) is -0.734. The molecule has 5 heteroatoms. The number of rotatable bonds is 6. The second kappa shape index (κ2) is 7.16. The molecular weight excluding hydrogens is 366 g/mol. The lowest BCUT2D eigenvalue weighted by molar-refractivity contribution is 0.00578. The number of hydrogen-bond acceptors (Lipinski definition) is 3. The Bertz CT molecular complexity index is 802. The van der Waals surface area contributed by atoms with E-state index >= 15 is 0 Å². The first-order chi connectivity index (χ1) is 13.2. The van der Waals surface area contributed by atoms with Crippen LogP contribution in [-0.2, 0) is 13.9 Å². The van der Waals surface area contributed by atoms with Gasteiger partial charge >= 0.3 is 7.12 Å². The van der Waals surface area contributed by atoms with Crippen molar-refractivity contribution in [3.05, 3.63) is 60.7 Å². The van der Waals surface area contributed by atoms with Gasteiger partial charge in [0.1, 0.15) is 7.14 Å². The molecule has 148 valence electrons. The number of benzene rings is 2. The van der Waals surface area contributed by atoms with Gasteiger partial charge in [-0.1, -0.05) is 73.5 Å². The lowest BCUT2D eigenvalue weighted by atomic mass is 9.70. The third kappa shape index (κ3) is 3.63. The van der Waals surface area contributed by atoms with Crippen molar-refractivity contribution >= 4 is 24.9 Å². The van der Waals surface area contributed by atoms with E-state index in [1.54, 1.807) is 0 Å². The van der Waals surface area contributed by atoms with Crippen molar-refractivity contribution < 1.29 is 13.9 Å². The van der Waals surface area contributed by atoms with Crippen LogP contribution in [0.4, 0.5) is 0 Å². The quantitative estimate of drug-likeness (QED) is 0.516. The van der Waals surface area contributed by atoms with E-state index < -0.39 is 7.14 Å². The molecule has 0 spiro atoms. The largest absolute Gasteiger partial charge is 0.461 e. The summed E-state index contributed by atoms with van der Waals surface area (Å²) in [4.78, 5) is 0. The Labute approximate surface area is 169 Å². The minimum Gasteiger partial charge on any atom is -0.403 e. The normalized spacial score (nSPS) is 22.2. The number of hydrogen-bond donors (Lipinski definition) is 0. The molecule has 0 amide bonds. The third-order valence-corrected chi connectivity index (χ3v) is 9.86. The van der Waals surface area contributed by atoms with Crippen LogP contribution >= 0.6 is 7.14 Å². The van der Waals surface area contributed by atoms with E-state index in [4.69, 9.17) is 9.31 Å². The van der Waals surface area contributed by atoms with Gasteiger partial charge in [-0.2, -0.15) is 0 Å². The summed E-state index contributed by atoms with van der Waals surface area (Å²) in [6.07, 6.45) is 2.92. The predicted molar refractivity (Wildman–Crippen MR) is 117 cm³/mol. The maximum Gasteiger partial charge on any atom is 0.461 e. The van der Waals surface area contributed by atoms with Gasteiger partial charge in [0.2, 0.25) is 0 Å². The molecule has 3 nitrogen and oxygen atoms in total. The summed E-state index contributed by atoms with van der Waals surface area (Å²) >= 11 is 0. The Hall–Kier alpha value is -1.35. The first-order valence-electron chi connectivity index (χ1n) is 10.3. The Kier molecular flexibility index (Phi) is 5.10. The molecule has 0 radical (unpaired) electrons. The predicted octanol–water partition coefficient (Wildman–Crippen LogP) is 4.87. The lowest BCUT2D eigenvalue weighted by Gasteiger charge is -2.32. The van der Waals surface area contributed by atoms with Crippen molar-refractivity contribution in [3.8, 4) is 0 Å². The summed E-state index contributed by atoms with van der Waals surface area (Å²) < 4.78 is 27.3. The average Bonchev–Trinajstić information content (AvgIpc) is 3.48. The Morgan fingerprint density at radius 3 is 1.71 bits per heavy atom. The van der Waals surface area contributed by atoms with Crippen LogP contribution < -0.4 is 10.6 Å². The van der Waals surface area contributed by atoms with E-state index in [-0.39, 0.29) is 24.1 Å². The molecule has 4 rings (SSSR count). The van der Waals surface area contributed by atoms with Gasteiger partial charge in [-0.25, -0.2) is 0 Å². The molecule has 1 atom stereocenters. The topological polar surface area (TPSA) is 35.5 Å². The molecule has 0 N–H and O–H groups in total. The molecule has 0 unspecified atom stereocenters. The minimum absolute atomic E-state index is 0.132. The maximum absolute atomic E-state index is 14.5. The molecule has 2 aromatic carbocycles. The highest BCUT2D eigenvalue weighted by Gasteiger charge is 2.57. The van der Waals surface area contributed by atoms with E-state index in [0.29, 0.717) is 12.1 Å². The summed E-state index contributed by atoms with van der Waals surface area (Å²) in [5.74, 6) is 0.655. The standard InChI is InChI=1S/C23H30BO3P/c1-22(2)23(3,4)27-24(26-22)21(18-15-16-18)17-28(25,19-11-7-5-8-12-19)20-13-9-6-10-14-20/h5-14,18,21H,15-17H2,1-4H3/t21-/m0/s1. The van der Waals surface area contributed by atoms with Crippen LogP contribution in [0.2, 0.25) is 5.82 Å². The van der Waals surface area contributed by atoms with Gasteiger partial charge < -0.3 is 13.9 Å². The maximum atomic E-state index is 14.5. The Morgan fingerprint density at radius 2 is 1.32 bits per heavy atom.